The van der Waals surface area contributed by atoms with E-state index < -0.39 is 5.60 Å². The second-order valence-electron chi connectivity index (χ2n) is 10.8. The average Bonchev–Trinajstić information content (AvgIpc) is 2.81. The molecule has 1 aromatic rings. The SMILES string of the molecule is COc1cccc(N2CCN(CC(C)[C@@H]3CC[C@@H](C)[C@]4(O)C[C@@H](OC(C)=O)C(C)=C[C@H]34)CC2)c1. The number of nitrogens with zero attached hydrogens (tertiary/aromatic N) is 2. The second-order valence-corrected chi connectivity index (χ2v) is 10.8. The number of carbonyl (C=O) groups is 1. The number of anilines is 1. The molecule has 0 spiro atoms. The minimum atomic E-state index is -0.804. The molecule has 6 atom stereocenters. The van der Waals surface area contributed by atoms with Gasteiger partial charge in [-0.3, -0.25) is 9.69 Å². The van der Waals surface area contributed by atoms with Gasteiger partial charge >= 0.3 is 5.97 Å². The van der Waals surface area contributed by atoms with E-state index >= 15 is 0 Å². The Kier molecular flexibility index (Phi) is 7.58. The van der Waals surface area contributed by atoms with Crippen molar-refractivity contribution in [1.82, 2.24) is 4.90 Å². The van der Waals surface area contributed by atoms with Crippen molar-refractivity contribution in [3.63, 3.8) is 0 Å². The normalized spacial score (nSPS) is 33.0. The van der Waals surface area contributed by atoms with Gasteiger partial charge < -0.3 is 19.5 Å². The molecule has 2 aliphatic carbocycles. The smallest absolute Gasteiger partial charge is 0.303 e. The summed E-state index contributed by atoms with van der Waals surface area (Å²) in [4.78, 5) is 16.6. The van der Waals surface area contributed by atoms with Gasteiger partial charge in [-0.1, -0.05) is 26.0 Å². The zero-order chi connectivity index (χ0) is 24.5. The lowest BCUT2D eigenvalue weighted by Crippen LogP contribution is -2.56. The Morgan fingerprint density at radius 1 is 1.24 bits per heavy atom. The summed E-state index contributed by atoms with van der Waals surface area (Å²) in [5, 5.41) is 11.8. The summed E-state index contributed by atoms with van der Waals surface area (Å²) in [6, 6.07) is 8.32. The molecule has 4 rings (SSSR count). The quantitative estimate of drug-likeness (QED) is 0.498. The van der Waals surface area contributed by atoms with Crippen LogP contribution < -0.4 is 9.64 Å². The molecular formula is C28H42N2O4. The molecule has 1 heterocycles. The molecule has 6 heteroatoms. The molecule has 1 aliphatic heterocycles. The molecule has 6 nitrogen and oxygen atoms in total. The van der Waals surface area contributed by atoms with E-state index in [9.17, 15) is 9.90 Å². The number of esters is 1. The van der Waals surface area contributed by atoms with Crippen molar-refractivity contribution in [2.75, 3.05) is 44.7 Å². The van der Waals surface area contributed by atoms with E-state index in [1.807, 2.05) is 13.0 Å². The minimum absolute atomic E-state index is 0.121. The summed E-state index contributed by atoms with van der Waals surface area (Å²) < 4.78 is 10.9. The van der Waals surface area contributed by atoms with Crippen LogP contribution in [0.2, 0.25) is 0 Å². The van der Waals surface area contributed by atoms with Crippen LogP contribution in [0.3, 0.4) is 0 Å². The van der Waals surface area contributed by atoms with Crippen molar-refractivity contribution in [1.29, 1.82) is 0 Å². The largest absolute Gasteiger partial charge is 0.497 e. The maximum absolute atomic E-state index is 11.8. The lowest BCUT2D eigenvalue weighted by molar-refractivity contribution is -0.159. The van der Waals surface area contributed by atoms with Crippen molar-refractivity contribution >= 4 is 11.7 Å². The Hall–Kier alpha value is -2.05. The second kappa shape index (κ2) is 10.3. The lowest BCUT2D eigenvalue weighted by atomic mass is 9.57. The molecule has 1 saturated carbocycles. The summed E-state index contributed by atoms with van der Waals surface area (Å²) in [6.07, 6.45) is 4.60. The van der Waals surface area contributed by atoms with Crippen molar-refractivity contribution < 1.29 is 19.4 Å². The summed E-state index contributed by atoms with van der Waals surface area (Å²) in [6.45, 7) is 13.2. The average molecular weight is 471 g/mol. The van der Waals surface area contributed by atoms with Crippen molar-refractivity contribution in [2.24, 2.45) is 23.7 Å². The third-order valence-electron chi connectivity index (χ3n) is 8.66. The molecule has 0 radical (unpaired) electrons. The van der Waals surface area contributed by atoms with Gasteiger partial charge in [0, 0.05) is 63.7 Å². The minimum Gasteiger partial charge on any atom is -0.497 e. The number of hydrogen-bond acceptors (Lipinski definition) is 6. The highest BCUT2D eigenvalue weighted by atomic mass is 16.5. The first kappa shape index (κ1) is 25.1. The standard InChI is InChI=1S/C28H42N2O4/c1-19-15-26-25(10-9-21(3)28(26,32)17-27(19)34-22(4)31)20(2)18-29-11-13-30(14-12-29)23-7-6-8-24(16-23)33-5/h6-8,15-16,20-21,25-27,32H,9-14,17-18H2,1-5H3/t20?,21-,25+,26-,27-,28-/m1/s1. The fourth-order valence-electron chi connectivity index (χ4n) is 6.54. The van der Waals surface area contributed by atoms with E-state index in [0.717, 1.165) is 56.9 Å². The van der Waals surface area contributed by atoms with Crippen LogP contribution in [0, 0.1) is 23.7 Å². The highest BCUT2D eigenvalue weighted by Crippen LogP contribution is 2.51. The molecule has 1 N–H and O–H groups in total. The van der Waals surface area contributed by atoms with Gasteiger partial charge in [0.2, 0.25) is 0 Å². The van der Waals surface area contributed by atoms with Crippen LogP contribution >= 0.6 is 0 Å². The molecule has 1 aromatic carbocycles. The molecule has 1 saturated heterocycles. The number of hydrogen-bond donors (Lipinski definition) is 1. The van der Waals surface area contributed by atoms with Crippen molar-refractivity contribution in [3.05, 3.63) is 35.9 Å². The van der Waals surface area contributed by atoms with Gasteiger partial charge in [-0.05, 0) is 55.2 Å². The maximum Gasteiger partial charge on any atom is 0.303 e. The first-order chi connectivity index (χ1) is 16.2. The van der Waals surface area contributed by atoms with Gasteiger partial charge in [0.05, 0.1) is 12.7 Å². The van der Waals surface area contributed by atoms with E-state index in [1.165, 1.54) is 12.6 Å². The van der Waals surface area contributed by atoms with Crippen LogP contribution in [-0.2, 0) is 9.53 Å². The third-order valence-corrected chi connectivity index (χ3v) is 8.66. The first-order valence-corrected chi connectivity index (χ1v) is 12.9. The number of fused-ring (bicyclic) bond motifs is 1. The third kappa shape index (κ3) is 5.13. The number of piperazine rings is 1. The Labute approximate surface area is 204 Å². The predicted molar refractivity (Wildman–Crippen MR) is 135 cm³/mol. The van der Waals surface area contributed by atoms with E-state index in [2.05, 4.69) is 47.9 Å². The van der Waals surface area contributed by atoms with Gasteiger partial charge in [-0.2, -0.15) is 0 Å². The fraction of sp³-hybridized carbons (Fsp3) is 0.679. The van der Waals surface area contributed by atoms with Crippen LogP contribution in [0.1, 0.15) is 47.0 Å². The molecule has 188 valence electrons. The number of aliphatic hydroxyl groups is 1. The van der Waals surface area contributed by atoms with Gasteiger partial charge in [0.1, 0.15) is 11.9 Å². The molecule has 34 heavy (non-hydrogen) atoms. The van der Waals surface area contributed by atoms with Crippen LogP contribution in [0.4, 0.5) is 5.69 Å². The summed E-state index contributed by atoms with van der Waals surface area (Å²) in [5.41, 5.74) is 1.51. The van der Waals surface area contributed by atoms with Gasteiger partial charge in [-0.15, -0.1) is 0 Å². The molecule has 1 unspecified atom stereocenters. The highest BCUT2D eigenvalue weighted by Gasteiger charge is 2.52. The Bertz CT molecular complexity index is 894. The zero-order valence-corrected chi connectivity index (χ0v) is 21.5. The molecule has 2 fully saturated rings. The van der Waals surface area contributed by atoms with Crippen molar-refractivity contribution in [2.45, 2.75) is 58.7 Å². The topological polar surface area (TPSA) is 62.2 Å². The van der Waals surface area contributed by atoms with Crippen LogP contribution in [0.25, 0.3) is 0 Å². The van der Waals surface area contributed by atoms with Crippen LogP contribution in [-0.4, -0.2) is 67.5 Å². The van der Waals surface area contributed by atoms with E-state index in [-0.39, 0.29) is 23.9 Å². The Morgan fingerprint density at radius 2 is 1.97 bits per heavy atom. The number of carbonyl (C=O) groups excluding carboxylic acids is 1. The molecular weight excluding hydrogens is 428 g/mol. The first-order valence-electron chi connectivity index (χ1n) is 12.9. The molecule has 0 aromatic heterocycles. The van der Waals surface area contributed by atoms with Gasteiger partial charge in [0.15, 0.2) is 0 Å². The number of methoxy groups -OCH3 is 1. The van der Waals surface area contributed by atoms with E-state index in [0.29, 0.717) is 18.3 Å². The summed E-state index contributed by atoms with van der Waals surface area (Å²) in [7, 11) is 1.71. The molecule has 0 bridgehead atoms. The fourth-order valence-corrected chi connectivity index (χ4v) is 6.54. The number of ether oxygens (including phenoxy) is 2. The Balaban J connectivity index is 1.40. The maximum atomic E-state index is 11.8. The summed E-state index contributed by atoms with van der Waals surface area (Å²) in [5.74, 6) is 1.87. The van der Waals surface area contributed by atoms with Crippen LogP contribution in [0.15, 0.2) is 35.9 Å². The van der Waals surface area contributed by atoms with Gasteiger partial charge in [-0.25, -0.2) is 0 Å². The molecule has 3 aliphatic rings. The predicted octanol–water partition coefficient (Wildman–Crippen LogP) is 4.13. The monoisotopic (exact) mass is 470 g/mol. The summed E-state index contributed by atoms with van der Waals surface area (Å²) >= 11 is 0. The Morgan fingerprint density at radius 3 is 2.65 bits per heavy atom. The van der Waals surface area contributed by atoms with Crippen molar-refractivity contribution in [3.8, 4) is 5.75 Å². The van der Waals surface area contributed by atoms with E-state index in [4.69, 9.17) is 9.47 Å². The number of benzene rings is 1. The zero-order valence-electron chi connectivity index (χ0n) is 21.5. The lowest BCUT2D eigenvalue weighted by Gasteiger charge is -2.53. The molecule has 0 amide bonds. The van der Waals surface area contributed by atoms with Crippen LogP contribution in [0.5, 0.6) is 5.75 Å². The highest BCUT2D eigenvalue weighted by molar-refractivity contribution is 5.66. The van der Waals surface area contributed by atoms with E-state index in [1.54, 1.807) is 7.11 Å². The number of rotatable bonds is 6. The van der Waals surface area contributed by atoms with Gasteiger partial charge in [0.25, 0.3) is 0 Å².